The van der Waals surface area contributed by atoms with Gasteiger partial charge in [0.15, 0.2) is 6.61 Å². The van der Waals surface area contributed by atoms with Gasteiger partial charge in [0.25, 0.3) is 5.91 Å². The zero-order valence-electron chi connectivity index (χ0n) is 12.3. The molecule has 0 heterocycles. The quantitative estimate of drug-likeness (QED) is 0.756. The average molecular weight is 366 g/mol. The van der Waals surface area contributed by atoms with E-state index in [1.165, 1.54) is 35.8 Å². The number of benzene rings is 1. The molecule has 0 spiro atoms. The number of hydrogen-bond acceptors (Lipinski definition) is 5. The molecule has 1 atom stereocenters. The fourth-order valence-corrected chi connectivity index (χ4v) is 1.90. The monoisotopic (exact) mass is 366 g/mol. The highest BCUT2D eigenvalue weighted by molar-refractivity contribution is 7.84. The van der Waals surface area contributed by atoms with Crippen molar-refractivity contribution in [3.63, 3.8) is 0 Å². The Morgan fingerprint density at radius 1 is 1.17 bits per heavy atom. The molecule has 1 aromatic rings. The van der Waals surface area contributed by atoms with Crippen LogP contribution in [0.25, 0.3) is 0 Å². The summed E-state index contributed by atoms with van der Waals surface area (Å²) >= 11 is 0. The van der Waals surface area contributed by atoms with Crippen LogP contribution in [0.2, 0.25) is 0 Å². The minimum Gasteiger partial charge on any atom is -0.452 e. The van der Waals surface area contributed by atoms with Crippen LogP contribution in [0.15, 0.2) is 29.2 Å². The van der Waals surface area contributed by atoms with Crippen LogP contribution in [-0.4, -0.2) is 47.7 Å². The molecule has 0 aromatic heterocycles. The van der Waals surface area contributed by atoms with E-state index in [9.17, 15) is 31.8 Å². The molecule has 1 unspecified atom stereocenters. The van der Waals surface area contributed by atoms with E-state index in [1.54, 1.807) is 5.32 Å². The van der Waals surface area contributed by atoms with Crippen LogP contribution in [0.3, 0.4) is 0 Å². The fraction of sp³-hybridized carbons (Fsp3) is 0.308. The Balaban J connectivity index is 2.42. The fourth-order valence-electron chi connectivity index (χ4n) is 1.38. The largest absolute Gasteiger partial charge is 0.452 e. The molecule has 0 aliphatic rings. The van der Waals surface area contributed by atoms with Gasteiger partial charge >= 0.3 is 18.2 Å². The first-order valence-electron chi connectivity index (χ1n) is 6.33. The maximum Gasteiger partial charge on any atom is 0.405 e. The minimum atomic E-state index is -4.61. The average Bonchev–Trinajstić information content (AvgIpc) is 2.50. The molecule has 0 saturated heterocycles. The number of alkyl halides is 3. The Hall–Kier alpha value is -2.43. The lowest BCUT2D eigenvalue weighted by atomic mass is 10.2. The third-order valence-electron chi connectivity index (χ3n) is 2.46. The van der Waals surface area contributed by atoms with E-state index in [-0.39, 0.29) is 5.56 Å². The van der Waals surface area contributed by atoms with Gasteiger partial charge in [0.05, 0.1) is 5.56 Å². The molecule has 24 heavy (non-hydrogen) atoms. The highest BCUT2D eigenvalue weighted by Gasteiger charge is 2.28. The van der Waals surface area contributed by atoms with Crippen molar-refractivity contribution in [1.82, 2.24) is 10.6 Å². The maximum absolute atomic E-state index is 11.9. The second-order valence-electron chi connectivity index (χ2n) is 4.40. The molecule has 0 aliphatic carbocycles. The molecule has 2 N–H and O–H groups in total. The van der Waals surface area contributed by atoms with Crippen molar-refractivity contribution in [2.24, 2.45) is 0 Å². The highest BCUT2D eigenvalue weighted by atomic mass is 32.2. The molecular weight excluding hydrogens is 353 g/mol. The maximum atomic E-state index is 11.9. The Morgan fingerprint density at radius 2 is 1.75 bits per heavy atom. The smallest absolute Gasteiger partial charge is 0.405 e. The summed E-state index contributed by atoms with van der Waals surface area (Å²) in [7, 11) is -1.22. The van der Waals surface area contributed by atoms with Gasteiger partial charge in [-0.1, -0.05) is 0 Å². The zero-order chi connectivity index (χ0) is 18.3. The lowest BCUT2D eigenvalue weighted by Gasteiger charge is -2.09. The van der Waals surface area contributed by atoms with E-state index in [2.05, 4.69) is 4.74 Å². The molecule has 11 heteroatoms. The van der Waals surface area contributed by atoms with Gasteiger partial charge in [0.1, 0.15) is 6.54 Å². The van der Waals surface area contributed by atoms with Crippen LogP contribution >= 0.6 is 0 Å². The Labute approximate surface area is 137 Å². The summed E-state index contributed by atoms with van der Waals surface area (Å²) in [6.07, 6.45) is -3.15. The summed E-state index contributed by atoms with van der Waals surface area (Å²) in [5.41, 5.74) is 0.0820. The van der Waals surface area contributed by atoms with Gasteiger partial charge in [-0.2, -0.15) is 13.2 Å². The standard InChI is InChI=1S/C13H13F3N2O5S/c1-24(22)9-4-2-8(3-5-9)11(20)23-6-10(19)18-12(21)17-7-13(14,15)16/h2-5H,6-7H2,1H3,(H2,17,18,19,21). The van der Waals surface area contributed by atoms with Crippen molar-refractivity contribution in [2.45, 2.75) is 11.1 Å². The molecule has 0 bridgehead atoms. The first kappa shape index (κ1) is 19.6. The molecule has 7 nitrogen and oxygen atoms in total. The van der Waals surface area contributed by atoms with E-state index in [1.807, 2.05) is 0 Å². The van der Waals surface area contributed by atoms with Crippen molar-refractivity contribution < 1.29 is 36.5 Å². The summed E-state index contributed by atoms with van der Waals surface area (Å²) in [4.78, 5) is 34.4. The number of urea groups is 1. The van der Waals surface area contributed by atoms with Crippen LogP contribution in [-0.2, 0) is 20.3 Å². The van der Waals surface area contributed by atoms with Crippen LogP contribution in [0.1, 0.15) is 10.4 Å². The van der Waals surface area contributed by atoms with E-state index in [0.29, 0.717) is 4.90 Å². The van der Waals surface area contributed by atoms with E-state index in [0.717, 1.165) is 0 Å². The number of amides is 3. The van der Waals surface area contributed by atoms with Crippen molar-refractivity contribution in [3.05, 3.63) is 29.8 Å². The molecule has 0 saturated carbocycles. The summed E-state index contributed by atoms with van der Waals surface area (Å²) < 4.78 is 51.4. The molecule has 0 fully saturated rings. The Morgan fingerprint density at radius 3 is 2.25 bits per heavy atom. The third kappa shape index (κ3) is 7.22. The first-order valence-corrected chi connectivity index (χ1v) is 7.89. The number of carbonyl (C=O) groups is 3. The topological polar surface area (TPSA) is 102 Å². The number of halogens is 3. The zero-order valence-corrected chi connectivity index (χ0v) is 13.1. The van der Waals surface area contributed by atoms with Crippen LogP contribution in [0, 0.1) is 0 Å². The normalized spacial score (nSPS) is 12.2. The van der Waals surface area contributed by atoms with Crippen molar-refractivity contribution in [2.75, 3.05) is 19.4 Å². The number of carbonyl (C=O) groups excluding carboxylic acids is 3. The lowest BCUT2D eigenvalue weighted by molar-refractivity contribution is -0.125. The SMILES string of the molecule is CS(=O)c1ccc(C(=O)OCC(=O)NC(=O)NCC(F)(F)F)cc1. The van der Waals surface area contributed by atoms with E-state index >= 15 is 0 Å². The summed E-state index contributed by atoms with van der Waals surface area (Å²) in [6, 6.07) is 4.21. The molecule has 0 radical (unpaired) electrons. The molecule has 3 amide bonds. The summed E-state index contributed by atoms with van der Waals surface area (Å²) in [5.74, 6) is -1.97. The number of ether oxygens (including phenoxy) is 1. The molecule has 132 valence electrons. The molecule has 0 aliphatic heterocycles. The predicted octanol–water partition coefficient (Wildman–Crippen LogP) is 0.969. The highest BCUT2D eigenvalue weighted by Crippen LogP contribution is 2.12. The van der Waals surface area contributed by atoms with Crippen LogP contribution in [0.4, 0.5) is 18.0 Å². The van der Waals surface area contributed by atoms with Gasteiger partial charge in [-0.25, -0.2) is 9.59 Å². The lowest BCUT2D eigenvalue weighted by Crippen LogP contribution is -2.44. The van der Waals surface area contributed by atoms with Crippen LogP contribution < -0.4 is 10.6 Å². The number of imide groups is 1. The summed E-state index contributed by atoms with van der Waals surface area (Å²) in [5, 5.41) is 3.00. The van der Waals surface area contributed by atoms with Gasteiger partial charge in [0.2, 0.25) is 0 Å². The second kappa shape index (κ2) is 8.43. The van der Waals surface area contributed by atoms with Gasteiger partial charge in [-0.05, 0) is 24.3 Å². The first-order chi connectivity index (χ1) is 11.1. The number of hydrogen-bond donors (Lipinski definition) is 2. The van der Waals surface area contributed by atoms with Crippen molar-refractivity contribution in [1.29, 1.82) is 0 Å². The van der Waals surface area contributed by atoms with E-state index in [4.69, 9.17) is 0 Å². The van der Waals surface area contributed by atoms with E-state index < -0.39 is 48.0 Å². The van der Waals surface area contributed by atoms with Gasteiger partial charge in [-0.3, -0.25) is 14.3 Å². The Bertz CT molecular complexity index is 646. The van der Waals surface area contributed by atoms with Crippen LogP contribution in [0.5, 0.6) is 0 Å². The Kier molecular flexibility index (Phi) is 6.89. The molecular formula is C13H13F3N2O5S. The number of nitrogens with one attached hydrogen (secondary N) is 2. The van der Waals surface area contributed by atoms with Gasteiger partial charge in [0, 0.05) is 22.0 Å². The minimum absolute atomic E-state index is 0.0820. The van der Waals surface area contributed by atoms with Gasteiger partial charge in [-0.15, -0.1) is 0 Å². The van der Waals surface area contributed by atoms with Gasteiger partial charge < -0.3 is 10.1 Å². The second-order valence-corrected chi connectivity index (χ2v) is 5.78. The van der Waals surface area contributed by atoms with Crippen molar-refractivity contribution >= 4 is 28.7 Å². The predicted molar refractivity (Wildman–Crippen MR) is 76.7 cm³/mol. The third-order valence-corrected chi connectivity index (χ3v) is 3.39. The van der Waals surface area contributed by atoms with Crippen molar-refractivity contribution in [3.8, 4) is 0 Å². The molecule has 1 aromatic carbocycles. The number of esters is 1. The molecule has 1 rings (SSSR count). The summed E-state index contributed by atoms with van der Waals surface area (Å²) in [6.45, 7) is -2.45. The number of rotatable bonds is 5.